The van der Waals surface area contributed by atoms with Gasteiger partial charge in [-0.25, -0.2) is 0 Å². The molecule has 0 aliphatic rings. The molecule has 0 atom stereocenters. The highest BCUT2D eigenvalue weighted by molar-refractivity contribution is 14.1. The molecule has 0 saturated carbocycles. The van der Waals surface area contributed by atoms with Crippen molar-refractivity contribution in [3.05, 3.63) is 19.9 Å². The summed E-state index contributed by atoms with van der Waals surface area (Å²) in [6.07, 6.45) is 0. The Morgan fingerprint density at radius 3 is 2.80 bits per heavy atom. The smallest absolute Gasteiger partial charge is 0.226 e. The molecule has 0 aliphatic heterocycles. The van der Waals surface area contributed by atoms with Gasteiger partial charge in [-0.2, -0.15) is 0 Å². The van der Waals surface area contributed by atoms with Crippen LogP contribution in [0.2, 0.25) is 0 Å². The van der Waals surface area contributed by atoms with E-state index >= 15 is 0 Å². The van der Waals surface area contributed by atoms with Crippen molar-refractivity contribution in [3.63, 3.8) is 0 Å². The van der Waals surface area contributed by atoms with E-state index in [-0.39, 0.29) is 0 Å². The number of nitrogens with two attached hydrogens (primary N) is 1. The Kier molecular flexibility index (Phi) is 3.01. The fraction of sp³-hybridized carbons (Fsp3) is 0.300. The first-order valence-corrected chi connectivity index (χ1v) is 6.55. The standard InChI is InChI=1S/C10H11IN2OS/c1-5(2)8-9(13-14-10(8)12)6-3-7(11)15-4-6/h3-5H,12H2,1-2H3. The maximum Gasteiger partial charge on any atom is 0.226 e. The molecule has 2 rings (SSSR count). The molecule has 0 radical (unpaired) electrons. The number of anilines is 1. The van der Waals surface area contributed by atoms with Crippen LogP contribution in [0.25, 0.3) is 11.3 Å². The summed E-state index contributed by atoms with van der Waals surface area (Å²) in [7, 11) is 0. The summed E-state index contributed by atoms with van der Waals surface area (Å²) in [6.45, 7) is 4.17. The van der Waals surface area contributed by atoms with Crippen molar-refractivity contribution < 1.29 is 4.52 Å². The minimum Gasteiger partial charge on any atom is -0.367 e. The third-order valence-electron chi connectivity index (χ3n) is 2.17. The number of hydrogen-bond donors (Lipinski definition) is 1. The highest BCUT2D eigenvalue weighted by Gasteiger charge is 2.18. The molecule has 3 nitrogen and oxygen atoms in total. The van der Waals surface area contributed by atoms with Gasteiger partial charge in [0.25, 0.3) is 0 Å². The molecule has 0 unspecified atom stereocenters. The van der Waals surface area contributed by atoms with Gasteiger partial charge < -0.3 is 10.3 Å². The van der Waals surface area contributed by atoms with E-state index in [4.69, 9.17) is 10.3 Å². The summed E-state index contributed by atoms with van der Waals surface area (Å²) in [6, 6.07) is 2.09. The van der Waals surface area contributed by atoms with Crippen molar-refractivity contribution in [1.29, 1.82) is 0 Å². The summed E-state index contributed by atoms with van der Waals surface area (Å²) in [5.41, 5.74) is 8.73. The molecule has 2 aromatic rings. The number of aromatic nitrogens is 1. The molecule has 2 heterocycles. The van der Waals surface area contributed by atoms with E-state index in [9.17, 15) is 0 Å². The summed E-state index contributed by atoms with van der Waals surface area (Å²) < 4.78 is 6.29. The van der Waals surface area contributed by atoms with Gasteiger partial charge in [-0.15, -0.1) is 11.3 Å². The van der Waals surface area contributed by atoms with Crippen molar-refractivity contribution in [1.82, 2.24) is 5.16 Å². The first kappa shape index (κ1) is 10.9. The van der Waals surface area contributed by atoms with Gasteiger partial charge in [-0.3, -0.25) is 0 Å². The van der Waals surface area contributed by atoms with Crippen LogP contribution in [-0.4, -0.2) is 5.16 Å². The average molecular weight is 334 g/mol. The van der Waals surface area contributed by atoms with Crippen LogP contribution in [-0.2, 0) is 0 Å². The SMILES string of the molecule is CC(C)c1c(-c2csc(I)c2)noc1N. The normalized spacial score (nSPS) is 11.2. The molecule has 0 aliphatic carbocycles. The zero-order chi connectivity index (χ0) is 11.0. The molecule has 0 spiro atoms. The predicted octanol–water partition coefficient (Wildman–Crippen LogP) is 3.71. The van der Waals surface area contributed by atoms with E-state index in [1.807, 2.05) is 0 Å². The summed E-state index contributed by atoms with van der Waals surface area (Å²) in [5, 5.41) is 6.10. The molecule has 0 amide bonds. The van der Waals surface area contributed by atoms with Crippen molar-refractivity contribution >= 4 is 39.8 Å². The molecule has 0 saturated heterocycles. The van der Waals surface area contributed by atoms with Gasteiger partial charge >= 0.3 is 0 Å². The van der Waals surface area contributed by atoms with Crippen LogP contribution >= 0.6 is 33.9 Å². The van der Waals surface area contributed by atoms with Gasteiger partial charge in [-0.1, -0.05) is 19.0 Å². The zero-order valence-corrected chi connectivity index (χ0v) is 11.4. The monoisotopic (exact) mass is 334 g/mol. The third kappa shape index (κ3) is 2.03. The number of halogens is 1. The fourth-order valence-electron chi connectivity index (χ4n) is 1.51. The first-order chi connectivity index (χ1) is 7.09. The topological polar surface area (TPSA) is 52.0 Å². The third-order valence-corrected chi connectivity index (χ3v) is 3.96. The van der Waals surface area contributed by atoms with E-state index in [1.54, 1.807) is 11.3 Å². The van der Waals surface area contributed by atoms with Crippen molar-refractivity contribution in [2.75, 3.05) is 5.73 Å². The van der Waals surface area contributed by atoms with Crippen LogP contribution < -0.4 is 5.73 Å². The highest BCUT2D eigenvalue weighted by Crippen LogP contribution is 2.35. The first-order valence-electron chi connectivity index (χ1n) is 4.59. The van der Waals surface area contributed by atoms with E-state index in [1.165, 1.54) is 2.88 Å². The number of hydrogen-bond acceptors (Lipinski definition) is 4. The van der Waals surface area contributed by atoms with Crippen LogP contribution in [0.4, 0.5) is 5.88 Å². The lowest BCUT2D eigenvalue weighted by molar-refractivity contribution is 0.438. The second-order valence-corrected chi connectivity index (χ2v) is 6.41. The van der Waals surface area contributed by atoms with Crippen molar-refractivity contribution in [2.45, 2.75) is 19.8 Å². The maximum atomic E-state index is 5.76. The quantitative estimate of drug-likeness (QED) is 0.852. The van der Waals surface area contributed by atoms with Gasteiger partial charge in [0.05, 0.1) is 2.88 Å². The number of nitrogen functional groups attached to an aromatic ring is 1. The second-order valence-electron chi connectivity index (χ2n) is 3.60. The second kappa shape index (κ2) is 4.13. The van der Waals surface area contributed by atoms with Gasteiger partial charge in [0, 0.05) is 16.5 Å². The Labute approximate surface area is 106 Å². The van der Waals surface area contributed by atoms with Crippen molar-refractivity contribution in [2.24, 2.45) is 0 Å². The summed E-state index contributed by atoms with van der Waals surface area (Å²) in [5.74, 6) is 0.755. The maximum absolute atomic E-state index is 5.76. The molecule has 2 aromatic heterocycles. The minimum atomic E-state index is 0.323. The lowest BCUT2D eigenvalue weighted by atomic mass is 10.0. The van der Waals surface area contributed by atoms with Crippen LogP contribution in [0.1, 0.15) is 25.3 Å². The molecule has 0 bridgehead atoms. The van der Waals surface area contributed by atoms with Crippen LogP contribution in [0, 0.1) is 2.88 Å². The van der Waals surface area contributed by atoms with Crippen LogP contribution in [0.3, 0.4) is 0 Å². The Balaban J connectivity index is 2.53. The minimum absolute atomic E-state index is 0.323. The predicted molar refractivity (Wildman–Crippen MR) is 71.0 cm³/mol. The van der Waals surface area contributed by atoms with Crippen LogP contribution in [0.15, 0.2) is 16.0 Å². The van der Waals surface area contributed by atoms with Gasteiger partial charge in [0.2, 0.25) is 5.88 Å². The van der Waals surface area contributed by atoms with E-state index in [2.05, 4.69) is 53.0 Å². The Morgan fingerprint density at radius 2 is 2.27 bits per heavy atom. The summed E-state index contributed by atoms with van der Waals surface area (Å²) >= 11 is 3.99. The largest absolute Gasteiger partial charge is 0.367 e. The Bertz CT molecular complexity index is 475. The number of rotatable bonds is 2. The molecular weight excluding hydrogens is 323 g/mol. The molecule has 15 heavy (non-hydrogen) atoms. The van der Waals surface area contributed by atoms with Gasteiger partial charge in [-0.05, 0) is 34.6 Å². The van der Waals surface area contributed by atoms with E-state index in [0.717, 1.165) is 16.8 Å². The molecule has 0 fully saturated rings. The van der Waals surface area contributed by atoms with E-state index < -0.39 is 0 Å². The molecule has 5 heteroatoms. The zero-order valence-electron chi connectivity index (χ0n) is 8.45. The molecule has 2 N–H and O–H groups in total. The highest BCUT2D eigenvalue weighted by atomic mass is 127. The molecule has 80 valence electrons. The number of nitrogens with zero attached hydrogens (tertiary/aromatic N) is 1. The van der Waals surface area contributed by atoms with Gasteiger partial charge in [0.15, 0.2) is 0 Å². The molecular formula is C10H11IN2OS. The number of thiophene rings is 1. The summed E-state index contributed by atoms with van der Waals surface area (Å²) in [4.78, 5) is 0. The fourth-order valence-corrected chi connectivity index (χ4v) is 2.84. The lowest BCUT2D eigenvalue weighted by Gasteiger charge is -2.03. The van der Waals surface area contributed by atoms with Crippen LogP contribution in [0.5, 0.6) is 0 Å². The van der Waals surface area contributed by atoms with E-state index in [0.29, 0.717) is 11.8 Å². The van der Waals surface area contributed by atoms with Gasteiger partial charge in [0.1, 0.15) is 5.69 Å². The average Bonchev–Trinajstić information content (AvgIpc) is 2.71. The molecule has 0 aromatic carbocycles. The Hall–Kier alpha value is -0.560. The van der Waals surface area contributed by atoms with Crippen molar-refractivity contribution in [3.8, 4) is 11.3 Å². The Morgan fingerprint density at radius 1 is 1.53 bits per heavy atom. The lowest BCUT2D eigenvalue weighted by Crippen LogP contribution is -1.93.